The first-order valence-electron chi connectivity index (χ1n) is 21.3. The molecular formula is C49H72N2NiO2Si. The van der Waals surface area contributed by atoms with Crippen LogP contribution in [-0.4, -0.2) is 30.2 Å². The van der Waals surface area contributed by atoms with E-state index in [1.165, 1.54) is 97.6 Å². The fourth-order valence-corrected chi connectivity index (χ4v) is 8.46. The van der Waals surface area contributed by atoms with E-state index in [0.717, 1.165) is 66.0 Å². The third kappa shape index (κ3) is 16.1. The molecule has 0 spiro atoms. The maximum atomic E-state index is 9.82. The van der Waals surface area contributed by atoms with Gasteiger partial charge >= 0.3 is 0 Å². The number of unbranched alkanes of at least 4 members (excludes halogenated alkanes) is 4. The topological polar surface area (TPSA) is 65.2 Å². The van der Waals surface area contributed by atoms with Crippen LogP contribution in [0.3, 0.4) is 0 Å². The Morgan fingerprint density at radius 1 is 0.527 bits per heavy atom. The van der Waals surface area contributed by atoms with E-state index >= 15 is 0 Å². The van der Waals surface area contributed by atoms with Crippen LogP contribution in [0.1, 0.15) is 139 Å². The van der Waals surface area contributed by atoms with Gasteiger partial charge < -0.3 is 10.2 Å². The minimum absolute atomic E-state index is 0. The second-order valence-electron chi connectivity index (χ2n) is 16.3. The molecule has 0 radical (unpaired) electrons. The van der Waals surface area contributed by atoms with Crippen LogP contribution in [0.4, 0.5) is 11.4 Å². The average molecular weight is 808 g/mol. The number of nitrogens with zero attached hydrogens (tertiary/aromatic N) is 2. The molecule has 0 atom stereocenters. The molecule has 6 heteroatoms. The first kappa shape index (κ1) is 47.9. The summed E-state index contributed by atoms with van der Waals surface area (Å²) in [5.74, 6) is -0.0528. The predicted octanol–water partition coefficient (Wildman–Crippen LogP) is 14.6. The molecule has 4 aromatic rings. The van der Waals surface area contributed by atoms with Crippen molar-refractivity contribution < 1.29 is 26.7 Å². The van der Waals surface area contributed by atoms with Crippen LogP contribution in [0.25, 0.3) is 10.8 Å². The summed E-state index contributed by atoms with van der Waals surface area (Å²) in [6.07, 6.45) is 19.5. The van der Waals surface area contributed by atoms with E-state index in [2.05, 4.69) is 110 Å². The van der Waals surface area contributed by atoms with Crippen molar-refractivity contribution in [3.8, 4) is 11.5 Å². The second kappa shape index (κ2) is 25.1. The SMILES string of the molecule is CCCCc1ccc(N=CC(CC)=Nc2ccc(CCCC)c(CCCC)c2)cc1CCCC.CCCc1ccc(C[Si](C)(C)C)c2cc(O)c(O)cc12.[Ni]. The molecular weight excluding hydrogens is 735 g/mol. The van der Waals surface area contributed by atoms with Gasteiger partial charge in [-0.3, -0.25) is 9.98 Å². The van der Waals surface area contributed by atoms with Crippen molar-refractivity contribution in [2.24, 2.45) is 9.98 Å². The van der Waals surface area contributed by atoms with Crippen molar-refractivity contribution in [3.63, 3.8) is 0 Å². The van der Waals surface area contributed by atoms with Crippen LogP contribution in [0.2, 0.25) is 19.6 Å². The summed E-state index contributed by atoms with van der Waals surface area (Å²) in [6.45, 7) is 20.4. The summed E-state index contributed by atoms with van der Waals surface area (Å²) in [5.41, 5.74) is 11.6. The standard InChI is InChI=1S/C32H48N2.C17H24O2Si.Ni/c1-6-11-15-26-19-21-31(23-28(26)17-13-8-3)33-25-30(10-5)34-32-22-20-27(16-12-7-2)29(24-32)18-14-9-4;1-5-6-12-7-8-13(11-20(2,3)4)15-10-17(19)16(18)9-14(12)15;/h19-25H,6-18H2,1-5H3;7-10,18-19H,5-6,11H2,1-4H3;. The number of phenols is 2. The molecule has 0 aliphatic heterocycles. The van der Waals surface area contributed by atoms with Gasteiger partial charge in [0.2, 0.25) is 0 Å². The Balaban J connectivity index is 0.000000423. The molecule has 0 aliphatic carbocycles. The van der Waals surface area contributed by atoms with Gasteiger partial charge in [0.1, 0.15) is 0 Å². The van der Waals surface area contributed by atoms with Crippen molar-refractivity contribution in [2.75, 3.05) is 0 Å². The van der Waals surface area contributed by atoms with E-state index in [9.17, 15) is 10.2 Å². The summed E-state index contributed by atoms with van der Waals surface area (Å²) < 4.78 is 0. The van der Waals surface area contributed by atoms with Gasteiger partial charge in [0, 0.05) is 30.8 Å². The normalized spacial score (nSPS) is 11.8. The summed E-state index contributed by atoms with van der Waals surface area (Å²) in [5, 5.41) is 21.8. The summed E-state index contributed by atoms with van der Waals surface area (Å²) >= 11 is 0. The Bertz CT molecular complexity index is 1810. The predicted molar refractivity (Wildman–Crippen MR) is 241 cm³/mol. The van der Waals surface area contributed by atoms with Gasteiger partial charge in [0.25, 0.3) is 0 Å². The quantitative estimate of drug-likeness (QED) is 0.0531. The minimum atomic E-state index is -1.23. The van der Waals surface area contributed by atoms with E-state index in [1.807, 2.05) is 6.21 Å². The zero-order valence-corrected chi connectivity index (χ0v) is 37.8. The Kier molecular flexibility index (Phi) is 21.9. The molecule has 0 amide bonds. The van der Waals surface area contributed by atoms with E-state index in [0.29, 0.717) is 0 Å². The van der Waals surface area contributed by atoms with Crippen molar-refractivity contribution in [3.05, 3.63) is 94.0 Å². The number of phenolic OH excluding ortho intramolecular Hbond substituents is 2. The van der Waals surface area contributed by atoms with Crippen molar-refractivity contribution in [1.82, 2.24) is 0 Å². The zero-order valence-electron chi connectivity index (χ0n) is 35.8. The fourth-order valence-electron chi connectivity index (χ4n) is 7.01. The van der Waals surface area contributed by atoms with Gasteiger partial charge in [-0.25, -0.2) is 0 Å². The van der Waals surface area contributed by atoms with E-state index in [1.54, 1.807) is 12.1 Å². The molecule has 0 saturated heterocycles. The molecule has 2 N–H and O–H groups in total. The first-order chi connectivity index (χ1) is 26.0. The van der Waals surface area contributed by atoms with Gasteiger partial charge in [0.15, 0.2) is 11.5 Å². The Labute approximate surface area is 346 Å². The number of hydrogen-bond donors (Lipinski definition) is 2. The van der Waals surface area contributed by atoms with Gasteiger partial charge in [-0.1, -0.05) is 118 Å². The minimum Gasteiger partial charge on any atom is -0.504 e. The van der Waals surface area contributed by atoms with Crippen molar-refractivity contribution in [1.29, 1.82) is 0 Å². The van der Waals surface area contributed by atoms with Gasteiger partial charge in [0.05, 0.1) is 17.1 Å². The average Bonchev–Trinajstić information content (AvgIpc) is 3.15. The van der Waals surface area contributed by atoms with Gasteiger partial charge in [-0.2, -0.15) is 0 Å². The van der Waals surface area contributed by atoms with Gasteiger partial charge in [-0.15, -0.1) is 0 Å². The van der Waals surface area contributed by atoms with Crippen LogP contribution < -0.4 is 0 Å². The molecule has 4 aromatic carbocycles. The van der Waals surface area contributed by atoms with Crippen LogP contribution in [0, 0.1) is 0 Å². The Morgan fingerprint density at radius 2 is 0.964 bits per heavy atom. The molecule has 55 heavy (non-hydrogen) atoms. The van der Waals surface area contributed by atoms with Crippen LogP contribution in [-0.2, 0) is 54.6 Å². The first-order valence-corrected chi connectivity index (χ1v) is 25.0. The number of aromatic hydroxyl groups is 2. The number of benzene rings is 4. The van der Waals surface area contributed by atoms with Crippen LogP contribution in [0.15, 0.2) is 70.6 Å². The Morgan fingerprint density at radius 3 is 1.44 bits per heavy atom. The maximum absolute atomic E-state index is 9.82. The largest absolute Gasteiger partial charge is 0.504 e. The molecule has 0 unspecified atom stereocenters. The fraction of sp³-hybridized carbons (Fsp3) is 0.510. The molecule has 0 bridgehead atoms. The smallest absolute Gasteiger partial charge is 0.158 e. The molecule has 4 rings (SSSR count). The van der Waals surface area contributed by atoms with Crippen LogP contribution in [0.5, 0.6) is 11.5 Å². The molecule has 4 nitrogen and oxygen atoms in total. The molecule has 304 valence electrons. The molecule has 0 aliphatic rings. The number of fused-ring (bicyclic) bond motifs is 1. The van der Waals surface area contributed by atoms with Crippen molar-refractivity contribution in [2.45, 2.75) is 164 Å². The third-order valence-corrected chi connectivity index (χ3v) is 11.5. The molecule has 0 fully saturated rings. The monoisotopic (exact) mass is 806 g/mol. The number of hydrogen-bond acceptors (Lipinski definition) is 4. The zero-order chi connectivity index (χ0) is 39.5. The summed E-state index contributed by atoms with van der Waals surface area (Å²) in [6, 6.07) is 22.5. The Hall–Kier alpha value is -3.21. The number of rotatable bonds is 20. The van der Waals surface area contributed by atoms with Crippen molar-refractivity contribution >= 4 is 42.1 Å². The van der Waals surface area contributed by atoms with E-state index < -0.39 is 8.07 Å². The number of aliphatic imine (C=N–C) groups is 2. The van der Waals surface area contributed by atoms with E-state index in [4.69, 9.17) is 9.98 Å². The van der Waals surface area contributed by atoms with Gasteiger partial charge in [-0.05, 0) is 151 Å². The summed E-state index contributed by atoms with van der Waals surface area (Å²) in [4.78, 5) is 9.82. The second-order valence-corrected chi connectivity index (χ2v) is 21.8. The van der Waals surface area contributed by atoms with E-state index in [-0.39, 0.29) is 28.0 Å². The number of aryl methyl sites for hydroxylation is 5. The molecule has 0 aromatic heterocycles. The molecule has 0 saturated carbocycles. The third-order valence-electron chi connectivity index (χ3n) is 10.1. The van der Waals surface area contributed by atoms with Crippen LogP contribution >= 0.6 is 0 Å². The maximum Gasteiger partial charge on any atom is 0.158 e. The molecule has 0 heterocycles. The summed E-state index contributed by atoms with van der Waals surface area (Å²) in [7, 11) is -1.23.